The standard InChI is InChI=1S/C10H10FN3O/c1-2-9-13-10(15-14-9)7-4-3-6(12)5-8(7)11/h3-5H,2,12H2,1H3. The number of nitrogen functional groups attached to an aromatic ring is 1. The van der Waals surface area contributed by atoms with E-state index < -0.39 is 5.82 Å². The van der Waals surface area contributed by atoms with Gasteiger partial charge in [-0.05, 0) is 18.2 Å². The Balaban J connectivity index is 2.44. The van der Waals surface area contributed by atoms with Crippen molar-refractivity contribution in [3.8, 4) is 11.5 Å². The van der Waals surface area contributed by atoms with E-state index in [1.54, 1.807) is 6.07 Å². The highest BCUT2D eigenvalue weighted by molar-refractivity contribution is 5.58. The molecule has 0 fully saturated rings. The SMILES string of the molecule is CCc1noc(-c2ccc(N)cc2F)n1. The van der Waals surface area contributed by atoms with E-state index in [0.717, 1.165) is 0 Å². The van der Waals surface area contributed by atoms with Gasteiger partial charge in [-0.15, -0.1) is 0 Å². The van der Waals surface area contributed by atoms with Crippen molar-refractivity contribution in [2.75, 3.05) is 5.73 Å². The van der Waals surface area contributed by atoms with Gasteiger partial charge in [0.1, 0.15) is 5.82 Å². The minimum Gasteiger partial charge on any atom is -0.399 e. The number of rotatable bonds is 2. The molecule has 1 aromatic heterocycles. The van der Waals surface area contributed by atoms with Gasteiger partial charge in [0, 0.05) is 12.1 Å². The fourth-order valence-corrected chi connectivity index (χ4v) is 1.21. The van der Waals surface area contributed by atoms with Crippen LogP contribution in [0.5, 0.6) is 0 Å². The largest absolute Gasteiger partial charge is 0.399 e. The van der Waals surface area contributed by atoms with Crippen molar-refractivity contribution in [2.45, 2.75) is 13.3 Å². The Morgan fingerprint density at radius 3 is 2.87 bits per heavy atom. The minimum absolute atomic E-state index is 0.185. The number of benzene rings is 1. The molecule has 0 unspecified atom stereocenters. The molecule has 0 atom stereocenters. The van der Waals surface area contributed by atoms with Crippen molar-refractivity contribution in [1.29, 1.82) is 0 Å². The summed E-state index contributed by atoms with van der Waals surface area (Å²) >= 11 is 0. The fourth-order valence-electron chi connectivity index (χ4n) is 1.21. The van der Waals surface area contributed by atoms with Gasteiger partial charge >= 0.3 is 0 Å². The van der Waals surface area contributed by atoms with Gasteiger partial charge in [-0.25, -0.2) is 4.39 Å². The van der Waals surface area contributed by atoms with Crippen LogP contribution in [0.25, 0.3) is 11.5 Å². The minimum atomic E-state index is -0.457. The van der Waals surface area contributed by atoms with E-state index in [0.29, 0.717) is 17.9 Å². The van der Waals surface area contributed by atoms with Gasteiger partial charge in [-0.1, -0.05) is 12.1 Å². The zero-order chi connectivity index (χ0) is 10.8. The first-order chi connectivity index (χ1) is 7.20. The Labute approximate surface area is 85.9 Å². The van der Waals surface area contributed by atoms with Crippen LogP contribution in [0.4, 0.5) is 10.1 Å². The van der Waals surface area contributed by atoms with Crippen LogP contribution in [0.2, 0.25) is 0 Å². The second kappa shape index (κ2) is 3.68. The van der Waals surface area contributed by atoms with Crippen molar-refractivity contribution in [3.63, 3.8) is 0 Å². The molecule has 5 heteroatoms. The Hall–Kier alpha value is -1.91. The summed E-state index contributed by atoms with van der Waals surface area (Å²) < 4.78 is 18.4. The molecule has 0 spiro atoms. The first-order valence-corrected chi connectivity index (χ1v) is 4.58. The van der Waals surface area contributed by atoms with Crippen molar-refractivity contribution in [3.05, 3.63) is 29.8 Å². The molecule has 1 heterocycles. The molecule has 4 nitrogen and oxygen atoms in total. The summed E-state index contributed by atoms with van der Waals surface area (Å²) in [6, 6.07) is 4.34. The van der Waals surface area contributed by atoms with Crippen LogP contribution in [0.15, 0.2) is 22.7 Å². The van der Waals surface area contributed by atoms with Crippen molar-refractivity contribution < 1.29 is 8.91 Å². The van der Waals surface area contributed by atoms with Crippen molar-refractivity contribution in [2.24, 2.45) is 0 Å². The lowest BCUT2D eigenvalue weighted by atomic mass is 10.2. The molecule has 2 N–H and O–H groups in total. The van der Waals surface area contributed by atoms with E-state index in [1.165, 1.54) is 12.1 Å². The van der Waals surface area contributed by atoms with Gasteiger partial charge in [0.25, 0.3) is 5.89 Å². The number of hydrogen-bond donors (Lipinski definition) is 1. The Bertz CT molecular complexity index is 481. The third kappa shape index (κ3) is 1.81. The molecule has 1 aromatic carbocycles. The molecule has 0 radical (unpaired) electrons. The van der Waals surface area contributed by atoms with Gasteiger partial charge in [0.05, 0.1) is 5.56 Å². The van der Waals surface area contributed by atoms with E-state index >= 15 is 0 Å². The average molecular weight is 207 g/mol. The summed E-state index contributed by atoms with van der Waals surface area (Å²) in [6.45, 7) is 1.90. The van der Waals surface area contributed by atoms with E-state index in [4.69, 9.17) is 10.3 Å². The van der Waals surface area contributed by atoms with Gasteiger partial charge < -0.3 is 10.3 Å². The Morgan fingerprint density at radius 2 is 2.27 bits per heavy atom. The third-order valence-electron chi connectivity index (χ3n) is 2.01. The smallest absolute Gasteiger partial charge is 0.260 e. The van der Waals surface area contributed by atoms with E-state index in [-0.39, 0.29) is 11.5 Å². The highest BCUT2D eigenvalue weighted by Gasteiger charge is 2.12. The van der Waals surface area contributed by atoms with E-state index in [1.807, 2.05) is 6.92 Å². The van der Waals surface area contributed by atoms with E-state index in [9.17, 15) is 4.39 Å². The van der Waals surface area contributed by atoms with Crippen LogP contribution >= 0.6 is 0 Å². The number of halogens is 1. The number of hydrogen-bond acceptors (Lipinski definition) is 4. The highest BCUT2D eigenvalue weighted by Crippen LogP contribution is 2.22. The zero-order valence-corrected chi connectivity index (χ0v) is 8.20. The monoisotopic (exact) mass is 207 g/mol. The molecule has 0 bridgehead atoms. The van der Waals surface area contributed by atoms with Crippen LogP contribution in [-0.2, 0) is 6.42 Å². The molecule has 0 saturated carbocycles. The third-order valence-corrected chi connectivity index (χ3v) is 2.01. The second-order valence-electron chi connectivity index (χ2n) is 3.11. The summed E-state index contributed by atoms with van der Waals surface area (Å²) in [5.74, 6) is 0.284. The summed E-state index contributed by atoms with van der Waals surface area (Å²) in [7, 11) is 0. The topological polar surface area (TPSA) is 64.9 Å². The molecule has 0 amide bonds. The lowest BCUT2D eigenvalue weighted by Gasteiger charge is -1.97. The molecule has 78 valence electrons. The molecule has 2 aromatic rings. The average Bonchev–Trinajstić information content (AvgIpc) is 2.66. The van der Waals surface area contributed by atoms with Gasteiger partial charge in [0.15, 0.2) is 5.82 Å². The van der Waals surface area contributed by atoms with Crippen LogP contribution < -0.4 is 5.73 Å². The lowest BCUT2D eigenvalue weighted by molar-refractivity contribution is 0.421. The molecule has 0 aliphatic heterocycles. The second-order valence-corrected chi connectivity index (χ2v) is 3.11. The van der Waals surface area contributed by atoms with Crippen molar-refractivity contribution >= 4 is 5.69 Å². The predicted molar refractivity (Wildman–Crippen MR) is 53.5 cm³/mol. The van der Waals surface area contributed by atoms with Crippen LogP contribution in [-0.4, -0.2) is 10.1 Å². The summed E-state index contributed by atoms with van der Waals surface area (Å²) in [4.78, 5) is 4.03. The number of nitrogens with zero attached hydrogens (tertiary/aromatic N) is 2. The quantitative estimate of drug-likeness (QED) is 0.765. The molecular formula is C10H10FN3O. The molecular weight excluding hydrogens is 197 g/mol. The maximum atomic E-state index is 13.4. The number of aryl methyl sites for hydroxylation is 1. The van der Waals surface area contributed by atoms with Crippen LogP contribution in [0.1, 0.15) is 12.7 Å². The molecule has 0 aliphatic rings. The summed E-state index contributed by atoms with van der Waals surface area (Å²) in [5, 5.41) is 3.69. The maximum absolute atomic E-state index is 13.4. The molecule has 2 rings (SSSR count). The number of aromatic nitrogens is 2. The van der Waals surface area contributed by atoms with Crippen molar-refractivity contribution in [1.82, 2.24) is 10.1 Å². The zero-order valence-electron chi connectivity index (χ0n) is 8.20. The summed E-state index contributed by atoms with van der Waals surface area (Å²) in [6.07, 6.45) is 0.653. The highest BCUT2D eigenvalue weighted by atomic mass is 19.1. The van der Waals surface area contributed by atoms with Crippen LogP contribution in [0, 0.1) is 5.82 Å². The Kier molecular flexibility index (Phi) is 2.37. The van der Waals surface area contributed by atoms with Gasteiger partial charge in [0.2, 0.25) is 0 Å². The maximum Gasteiger partial charge on any atom is 0.260 e. The normalized spacial score (nSPS) is 10.5. The van der Waals surface area contributed by atoms with E-state index in [2.05, 4.69) is 10.1 Å². The lowest BCUT2D eigenvalue weighted by Crippen LogP contribution is -1.90. The molecule has 15 heavy (non-hydrogen) atoms. The van der Waals surface area contributed by atoms with Gasteiger partial charge in [-0.2, -0.15) is 4.98 Å². The Morgan fingerprint density at radius 1 is 1.47 bits per heavy atom. The number of anilines is 1. The molecule has 0 aliphatic carbocycles. The first-order valence-electron chi connectivity index (χ1n) is 4.58. The first kappa shape index (κ1) is 9.64. The fraction of sp³-hybridized carbons (Fsp3) is 0.200. The predicted octanol–water partition coefficient (Wildman–Crippen LogP) is 2.02. The van der Waals surface area contributed by atoms with Gasteiger partial charge in [-0.3, -0.25) is 0 Å². The number of nitrogens with two attached hydrogens (primary N) is 1. The summed E-state index contributed by atoms with van der Waals surface area (Å²) in [5.41, 5.74) is 6.07. The molecule has 0 saturated heterocycles. The van der Waals surface area contributed by atoms with Crippen LogP contribution in [0.3, 0.4) is 0 Å².